The maximum absolute atomic E-state index is 14.0. The molecule has 7 rings (SSSR count). The van der Waals surface area contributed by atoms with Crippen LogP contribution >= 0.6 is 35.3 Å². The lowest BCUT2D eigenvalue weighted by molar-refractivity contribution is -0.144. The number of aromatic nitrogens is 4. The number of nitrogens with one attached hydrogen (secondary N) is 1. The van der Waals surface area contributed by atoms with Gasteiger partial charge < -0.3 is 20.6 Å². The number of nitrogens with zero attached hydrogens (tertiary/aromatic N) is 6. The van der Waals surface area contributed by atoms with Crippen molar-refractivity contribution >= 4 is 80.2 Å². The van der Waals surface area contributed by atoms with E-state index in [1.807, 2.05) is 66.7 Å². The Hall–Kier alpha value is -5.45. The van der Waals surface area contributed by atoms with E-state index < -0.39 is 35.3 Å². The normalized spacial score (nSPS) is 17.5. The van der Waals surface area contributed by atoms with Gasteiger partial charge in [0, 0.05) is 35.9 Å². The Bertz CT molecular complexity index is 2110. The number of thioether (sulfide) groups is 1. The van der Waals surface area contributed by atoms with Gasteiger partial charge in [0.25, 0.3) is 11.8 Å². The molecule has 0 spiro atoms. The summed E-state index contributed by atoms with van der Waals surface area (Å²) in [5.41, 5.74) is 9.65. The average molecular weight is 711 g/mol. The third-order valence-electron chi connectivity index (χ3n) is 7.69. The molecule has 3 N–H and O–H groups in total. The molecule has 49 heavy (non-hydrogen) atoms. The van der Waals surface area contributed by atoms with E-state index >= 15 is 0 Å². The van der Waals surface area contributed by atoms with Crippen molar-refractivity contribution < 1.29 is 24.0 Å². The van der Waals surface area contributed by atoms with Gasteiger partial charge in [-0.2, -0.15) is 5.10 Å². The number of amides is 2. The van der Waals surface area contributed by atoms with Gasteiger partial charge in [-0.3, -0.25) is 14.5 Å². The maximum atomic E-state index is 14.0. The number of thiocarbonyl (C=S) groups is 1. The Morgan fingerprint density at radius 1 is 1.06 bits per heavy atom. The summed E-state index contributed by atoms with van der Waals surface area (Å²) in [6, 6.07) is 22.0. The first-order valence-electron chi connectivity index (χ1n) is 14.9. The number of nitrogen functional groups attached to an aromatic ring is 1. The molecule has 2 atom stereocenters. The van der Waals surface area contributed by atoms with Crippen LogP contribution in [0.15, 0.2) is 101 Å². The molecule has 2 aromatic carbocycles. The van der Waals surface area contributed by atoms with Crippen molar-refractivity contribution in [2.45, 2.75) is 24.4 Å². The van der Waals surface area contributed by atoms with Crippen molar-refractivity contribution in [1.82, 2.24) is 29.8 Å². The van der Waals surface area contributed by atoms with Crippen LogP contribution in [0.25, 0.3) is 11.2 Å². The molecule has 0 saturated carbocycles. The Labute approximate surface area is 292 Å². The molecule has 3 aromatic heterocycles. The first-order valence-corrected chi connectivity index (χ1v) is 17.2. The molecule has 5 heterocycles. The first kappa shape index (κ1) is 32.1. The van der Waals surface area contributed by atoms with E-state index in [1.54, 1.807) is 23.0 Å². The van der Waals surface area contributed by atoms with Gasteiger partial charge in [-0.15, -0.1) is 23.1 Å². The van der Waals surface area contributed by atoms with Crippen molar-refractivity contribution in [1.29, 1.82) is 0 Å². The molecule has 1 fully saturated rings. The van der Waals surface area contributed by atoms with Crippen LogP contribution in [0.3, 0.4) is 0 Å². The maximum Gasteiger partial charge on any atom is 0.332 e. The lowest BCUT2D eigenvalue weighted by atomic mass is 10.00. The summed E-state index contributed by atoms with van der Waals surface area (Å²) in [6.45, 7) is 1.15. The van der Waals surface area contributed by atoms with Crippen molar-refractivity contribution in [2.24, 2.45) is 5.16 Å². The fourth-order valence-electron chi connectivity index (χ4n) is 5.45. The predicted octanol–water partition coefficient (Wildman–Crippen LogP) is 3.98. The molecule has 0 unspecified atom stereocenters. The molecule has 0 radical (unpaired) electrons. The number of carbonyl (C=O) groups excluding carboxylic acids is 3. The van der Waals surface area contributed by atoms with Gasteiger partial charge in [0.05, 0.1) is 11.9 Å². The van der Waals surface area contributed by atoms with Gasteiger partial charge in [-0.25, -0.2) is 19.3 Å². The van der Waals surface area contributed by atoms with Crippen LogP contribution in [0.1, 0.15) is 35.5 Å². The Balaban J connectivity index is 1.23. The summed E-state index contributed by atoms with van der Waals surface area (Å²) in [6.07, 6.45) is 2.87. The fraction of sp³-hybridized carbons (Fsp3) is 0.152. The molecular formula is C33H26N8O5S3. The average Bonchev–Trinajstić information content (AvgIpc) is 3.78. The number of β-lactam (4-membered cyclic amide) rings is 1. The highest BCUT2D eigenvalue weighted by Gasteiger charge is 2.54. The molecule has 5 aromatic rings. The molecule has 13 nitrogen and oxygen atoms in total. The number of thiazole rings is 1. The minimum atomic E-state index is -0.959. The second kappa shape index (κ2) is 13.6. The van der Waals surface area contributed by atoms with Gasteiger partial charge in [-0.05, 0) is 29.4 Å². The van der Waals surface area contributed by atoms with Gasteiger partial charge in [0.1, 0.15) is 28.9 Å². The number of benzene rings is 2. The molecule has 246 valence electrons. The smallest absolute Gasteiger partial charge is 0.332 e. The van der Waals surface area contributed by atoms with Crippen LogP contribution < -0.4 is 11.1 Å². The Morgan fingerprint density at radius 3 is 2.43 bits per heavy atom. The van der Waals surface area contributed by atoms with Crippen LogP contribution in [0, 0.1) is 0 Å². The Morgan fingerprint density at radius 2 is 1.78 bits per heavy atom. The van der Waals surface area contributed by atoms with Crippen molar-refractivity contribution in [3.8, 4) is 0 Å². The number of ether oxygens (including phenoxy) is 1. The minimum absolute atomic E-state index is 0.0985. The molecule has 0 aliphatic carbocycles. The zero-order valence-electron chi connectivity index (χ0n) is 25.6. The van der Waals surface area contributed by atoms with Gasteiger partial charge >= 0.3 is 5.97 Å². The number of rotatable bonds is 9. The summed E-state index contributed by atoms with van der Waals surface area (Å²) < 4.78 is 8.25. The quantitative estimate of drug-likeness (QED) is 0.0747. The van der Waals surface area contributed by atoms with Gasteiger partial charge in [0.15, 0.2) is 16.5 Å². The molecule has 2 aliphatic heterocycles. The lowest BCUT2D eigenvalue weighted by Gasteiger charge is -2.50. The topological polar surface area (TPSA) is 166 Å². The third-order valence-corrected chi connectivity index (χ3v) is 9.93. The number of fused-ring (bicyclic) bond motifs is 2. The lowest BCUT2D eigenvalue weighted by Crippen LogP contribution is -2.71. The van der Waals surface area contributed by atoms with E-state index in [0.717, 1.165) is 29.4 Å². The van der Waals surface area contributed by atoms with Crippen molar-refractivity contribution in [3.63, 3.8) is 0 Å². The molecule has 1 saturated heterocycles. The van der Waals surface area contributed by atoms with E-state index in [2.05, 4.69) is 20.6 Å². The highest BCUT2D eigenvalue weighted by atomic mass is 32.2. The van der Waals surface area contributed by atoms with E-state index in [4.69, 9.17) is 32.5 Å². The highest BCUT2D eigenvalue weighted by Crippen LogP contribution is 2.44. The number of nitrogens with two attached hydrogens (primary N) is 1. The Kier molecular flexibility index (Phi) is 8.90. The fourth-order valence-corrected chi connectivity index (χ4v) is 7.68. The number of carbonyl (C=O) groups is 3. The van der Waals surface area contributed by atoms with E-state index in [-0.39, 0.29) is 21.6 Å². The molecular weight excluding hydrogens is 685 g/mol. The second-order valence-corrected chi connectivity index (χ2v) is 13.2. The van der Waals surface area contributed by atoms with Crippen LogP contribution in [0.5, 0.6) is 0 Å². The zero-order chi connectivity index (χ0) is 34.1. The van der Waals surface area contributed by atoms with Gasteiger partial charge in [-0.1, -0.05) is 65.8 Å². The molecule has 16 heteroatoms. The summed E-state index contributed by atoms with van der Waals surface area (Å²) in [5.74, 6) is -1.52. The minimum Gasteiger partial charge on any atom is -0.469 e. The molecule has 0 bridgehead atoms. The highest BCUT2D eigenvalue weighted by molar-refractivity contribution is 8.00. The summed E-state index contributed by atoms with van der Waals surface area (Å²) in [4.78, 5) is 54.2. The summed E-state index contributed by atoms with van der Waals surface area (Å²) in [5, 5.41) is 11.9. The van der Waals surface area contributed by atoms with Crippen LogP contribution in [-0.2, 0) is 24.0 Å². The molecule has 2 aliphatic rings. The first-order chi connectivity index (χ1) is 23.8. The van der Waals surface area contributed by atoms with Crippen LogP contribution in [0.2, 0.25) is 0 Å². The van der Waals surface area contributed by atoms with Crippen molar-refractivity contribution in [3.05, 3.63) is 119 Å². The second-order valence-electron chi connectivity index (χ2n) is 10.8. The SMILES string of the molecule is CC(=O)ON=C(C(=O)N[C@@H]1C(=O)N2C(C(=S)OC(c3ccccc3)c3ccccc3)=C(c3ccn4nccc4n3)CS[C@H]12)c1csc(N)n1. The summed E-state index contributed by atoms with van der Waals surface area (Å²) in [7, 11) is 0. The number of anilines is 1. The number of hydrogen-bond donors (Lipinski definition) is 2. The van der Waals surface area contributed by atoms with E-state index in [1.165, 1.54) is 22.0 Å². The van der Waals surface area contributed by atoms with Crippen LogP contribution in [-0.4, -0.2) is 70.2 Å². The van der Waals surface area contributed by atoms with Crippen LogP contribution in [0.4, 0.5) is 5.13 Å². The number of oxime groups is 1. The standard InChI is InChI=1S/C33H26N8O5S3/c1-18(42)46-39-25(23-17-49-33(34)37-23)29(43)38-26-30(44)41-27(21(16-48-31(26)41)22-13-15-40-24(36-22)12-14-35-40)32(47)45-28(19-8-4-2-5-9-19)20-10-6-3-7-11-20/h2-15,17,26,28,31H,16H2,1H3,(H2,34,37)(H,38,43)/t26-,31-/m1/s1. The summed E-state index contributed by atoms with van der Waals surface area (Å²) >= 11 is 8.54. The zero-order valence-corrected chi connectivity index (χ0v) is 28.1. The van der Waals surface area contributed by atoms with Crippen molar-refractivity contribution in [2.75, 3.05) is 11.5 Å². The van der Waals surface area contributed by atoms with Gasteiger partial charge in [0.2, 0.25) is 5.05 Å². The monoisotopic (exact) mass is 710 g/mol. The van der Waals surface area contributed by atoms with E-state index in [9.17, 15) is 14.4 Å². The predicted molar refractivity (Wildman–Crippen MR) is 188 cm³/mol. The number of hydrogen-bond acceptors (Lipinski definition) is 13. The molecule has 2 amide bonds. The largest absolute Gasteiger partial charge is 0.469 e. The van der Waals surface area contributed by atoms with E-state index in [0.29, 0.717) is 28.4 Å². The third kappa shape index (κ3) is 6.40.